The fourth-order valence-corrected chi connectivity index (χ4v) is 2.95. The number of methoxy groups -OCH3 is 2. The second kappa shape index (κ2) is 6.15. The number of hydrogen-bond donors (Lipinski definition) is 0. The smallest absolute Gasteiger partial charge is 0.161 e. The van der Waals surface area contributed by atoms with E-state index >= 15 is 0 Å². The van der Waals surface area contributed by atoms with Gasteiger partial charge in [0.25, 0.3) is 0 Å². The molecule has 0 spiro atoms. The molecular weight excluding hydrogens is 252 g/mol. The minimum absolute atomic E-state index is 0.400. The molecule has 1 radical (unpaired) electrons. The van der Waals surface area contributed by atoms with E-state index in [1.807, 2.05) is 25.2 Å². The topological polar surface area (TPSA) is 56.4 Å². The van der Waals surface area contributed by atoms with Crippen molar-refractivity contribution in [2.45, 2.75) is 37.1 Å². The van der Waals surface area contributed by atoms with Crippen LogP contribution in [0, 0.1) is 11.3 Å². The maximum absolute atomic E-state index is 9.69. The van der Waals surface area contributed by atoms with Crippen molar-refractivity contribution in [3.8, 4) is 17.6 Å². The molecule has 0 unspecified atom stereocenters. The Morgan fingerprint density at radius 2 is 1.85 bits per heavy atom. The molecule has 4 nitrogen and oxygen atoms in total. The number of nitrogens with zero attached hydrogens (tertiary/aromatic N) is 2. The van der Waals surface area contributed by atoms with Gasteiger partial charge in [0.15, 0.2) is 11.5 Å². The quantitative estimate of drug-likeness (QED) is 0.847. The number of ether oxygens (including phenoxy) is 2. The molecule has 1 fully saturated rings. The summed E-state index contributed by atoms with van der Waals surface area (Å²) >= 11 is 0. The molecule has 0 saturated heterocycles. The Bertz CT molecular complexity index is 500. The first-order valence-corrected chi connectivity index (χ1v) is 6.92. The lowest BCUT2D eigenvalue weighted by Gasteiger charge is -2.35. The van der Waals surface area contributed by atoms with E-state index in [2.05, 4.69) is 11.4 Å². The highest BCUT2D eigenvalue weighted by Crippen LogP contribution is 2.42. The van der Waals surface area contributed by atoms with Crippen LogP contribution in [0.15, 0.2) is 18.2 Å². The van der Waals surface area contributed by atoms with Crippen molar-refractivity contribution in [2.75, 3.05) is 21.3 Å². The van der Waals surface area contributed by atoms with Crippen LogP contribution in [0.1, 0.15) is 31.2 Å². The molecule has 0 aliphatic heterocycles. The monoisotopic (exact) mass is 273 g/mol. The van der Waals surface area contributed by atoms with Crippen molar-refractivity contribution in [3.05, 3.63) is 23.8 Å². The van der Waals surface area contributed by atoms with Crippen LogP contribution in [0.3, 0.4) is 0 Å². The van der Waals surface area contributed by atoms with Gasteiger partial charge in [-0.25, -0.2) is 5.32 Å². The number of hydrogen-bond acceptors (Lipinski definition) is 3. The Kier molecular flexibility index (Phi) is 4.51. The Hall–Kier alpha value is -1.73. The Balaban J connectivity index is 2.31. The predicted molar refractivity (Wildman–Crippen MR) is 77.2 cm³/mol. The van der Waals surface area contributed by atoms with Crippen LogP contribution in [0.5, 0.6) is 11.5 Å². The molecule has 0 aromatic heterocycles. The number of nitriles is 1. The largest absolute Gasteiger partial charge is 0.493 e. The summed E-state index contributed by atoms with van der Waals surface area (Å²) in [6, 6.07) is 8.72. The SMILES string of the molecule is C[N]C1CCC(C#N)(c2ccc(OC)c(OC)c2)CC1. The zero-order chi connectivity index (χ0) is 14.6. The summed E-state index contributed by atoms with van der Waals surface area (Å²) in [4.78, 5) is 0. The van der Waals surface area contributed by atoms with E-state index < -0.39 is 5.41 Å². The van der Waals surface area contributed by atoms with Crippen LogP contribution < -0.4 is 14.8 Å². The highest BCUT2D eigenvalue weighted by Gasteiger charge is 2.37. The van der Waals surface area contributed by atoms with Gasteiger partial charge in [-0.2, -0.15) is 5.26 Å². The molecule has 2 rings (SSSR count). The zero-order valence-electron chi connectivity index (χ0n) is 12.3. The van der Waals surface area contributed by atoms with E-state index in [-0.39, 0.29) is 0 Å². The summed E-state index contributed by atoms with van der Waals surface area (Å²) in [6.07, 6.45) is 3.64. The molecule has 4 heteroatoms. The van der Waals surface area contributed by atoms with Gasteiger partial charge in [0.05, 0.1) is 25.7 Å². The van der Waals surface area contributed by atoms with Crippen molar-refractivity contribution < 1.29 is 9.47 Å². The molecule has 1 aromatic rings. The fraction of sp³-hybridized carbons (Fsp3) is 0.562. The van der Waals surface area contributed by atoms with Crippen molar-refractivity contribution >= 4 is 0 Å². The van der Waals surface area contributed by atoms with E-state index in [1.54, 1.807) is 14.2 Å². The normalized spacial score (nSPS) is 25.8. The summed E-state index contributed by atoms with van der Waals surface area (Å²) in [6.45, 7) is 0. The summed E-state index contributed by atoms with van der Waals surface area (Å²) in [5.41, 5.74) is 0.605. The first-order valence-electron chi connectivity index (χ1n) is 6.92. The lowest BCUT2D eigenvalue weighted by atomic mass is 9.69. The number of benzene rings is 1. The van der Waals surface area contributed by atoms with Gasteiger partial charge in [0.2, 0.25) is 0 Å². The van der Waals surface area contributed by atoms with E-state index in [4.69, 9.17) is 9.47 Å². The van der Waals surface area contributed by atoms with Gasteiger partial charge < -0.3 is 9.47 Å². The maximum atomic E-state index is 9.69. The average Bonchev–Trinajstić information content (AvgIpc) is 2.54. The molecule has 20 heavy (non-hydrogen) atoms. The first-order chi connectivity index (χ1) is 9.69. The van der Waals surface area contributed by atoms with Crippen LogP contribution >= 0.6 is 0 Å². The minimum Gasteiger partial charge on any atom is -0.493 e. The van der Waals surface area contributed by atoms with Crippen molar-refractivity contribution in [1.82, 2.24) is 5.32 Å². The third-order valence-electron chi connectivity index (χ3n) is 4.32. The molecule has 1 aliphatic rings. The first kappa shape index (κ1) is 14.7. The van der Waals surface area contributed by atoms with Crippen LogP contribution in [0.4, 0.5) is 0 Å². The predicted octanol–water partition coefficient (Wildman–Crippen LogP) is 2.64. The van der Waals surface area contributed by atoms with E-state index in [9.17, 15) is 5.26 Å². The van der Waals surface area contributed by atoms with Gasteiger partial charge in [-0.15, -0.1) is 0 Å². The molecule has 0 bridgehead atoms. The molecule has 107 valence electrons. The zero-order valence-corrected chi connectivity index (χ0v) is 12.3. The van der Waals surface area contributed by atoms with Gasteiger partial charge in [0.1, 0.15) is 0 Å². The van der Waals surface area contributed by atoms with Crippen molar-refractivity contribution in [1.29, 1.82) is 5.26 Å². The Morgan fingerprint density at radius 3 is 2.35 bits per heavy atom. The minimum atomic E-state index is -0.416. The summed E-state index contributed by atoms with van der Waals surface area (Å²) in [5, 5.41) is 14.0. The lowest BCUT2D eigenvalue weighted by molar-refractivity contribution is 0.301. The van der Waals surface area contributed by atoms with Gasteiger partial charge in [-0.1, -0.05) is 6.07 Å². The molecular formula is C16H21N2O2. The maximum Gasteiger partial charge on any atom is 0.161 e. The summed E-state index contributed by atoms with van der Waals surface area (Å²) in [5.74, 6) is 1.38. The Labute approximate surface area is 120 Å². The van der Waals surface area contributed by atoms with Crippen LogP contribution in [0.25, 0.3) is 0 Å². The fourth-order valence-electron chi connectivity index (χ4n) is 2.95. The summed E-state index contributed by atoms with van der Waals surface area (Å²) < 4.78 is 10.6. The Morgan fingerprint density at radius 1 is 1.20 bits per heavy atom. The van der Waals surface area contributed by atoms with E-state index in [0.29, 0.717) is 17.5 Å². The average molecular weight is 273 g/mol. The van der Waals surface area contributed by atoms with Crippen LogP contribution in [-0.4, -0.2) is 27.3 Å². The van der Waals surface area contributed by atoms with Crippen LogP contribution in [0.2, 0.25) is 0 Å². The van der Waals surface area contributed by atoms with E-state index in [0.717, 1.165) is 31.2 Å². The van der Waals surface area contributed by atoms with E-state index in [1.165, 1.54) is 0 Å². The highest BCUT2D eigenvalue weighted by atomic mass is 16.5. The molecule has 0 atom stereocenters. The third kappa shape index (κ3) is 2.59. The third-order valence-corrected chi connectivity index (χ3v) is 4.32. The molecule has 1 aliphatic carbocycles. The molecule has 1 saturated carbocycles. The lowest BCUT2D eigenvalue weighted by Crippen LogP contribution is -2.35. The van der Waals surface area contributed by atoms with Gasteiger partial charge >= 0.3 is 0 Å². The second-order valence-corrected chi connectivity index (χ2v) is 5.25. The van der Waals surface area contributed by atoms with Gasteiger partial charge in [-0.3, -0.25) is 0 Å². The highest BCUT2D eigenvalue weighted by molar-refractivity contribution is 5.47. The molecule has 0 heterocycles. The van der Waals surface area contributed by atoms with Crippen molar-refractivity contribution in [2.24, 2.45) is 0 Å². The molecule has 0 amide bonds. The molecule has 0 N–H and O–H groups in total. The van der Waals surface area contributed by atoms with Crippen LogP contribution in [-0.2, 0) is 5.41 Å². The standard InChI is InChI=1S/C16H21N2O2/c1-18-13-6-8-16(11-17,9-7-13)12-4-5-14(19-2)15(10-12)20-3/h4-5,10,13H,6-9H2,1-3H3. The molecule has 1 aromatic carbocycles. The summed E-state index contributed by atoms with van der Waals surface area (Å²) in [7, 11) is 5.10. The van der Waals surface area contributed by atoms with Gasteiger partial charge in [0, 0.05) is 13.1 Å². The second-order valence-electron chi connectivity index (χ2n) is 5.25. The number of rotatable bonds is 4. The van der Waals surface area contributed by atoms with Crippen molar-refractivity contribution in [3.63, 3.8) is 0 Å². The van der Waals surface area contributed by atoms with Gasteiger partial charge in [-0.05, 0) is 43.4 Å².